The molecule has 23 heavy (non-hydrogen) atoms. The molecule has 6 nitrogen and oxygen atoms in total. The first-order valence-electron chi connectivity index (χ1n) is 8.37. The molecule has 1 aromatic rings. The summed E-state index contributed by atoms with van der Waals surface area (Å²) in [6, 6.07) is 6.12. The molecule has 1 rings (SSSR count). The van der Waals surface area contributed by atoms with E-state index in [4.69, 9.17) is 0 Å². The quantitative estimate of drug-likeness (QED) is 0.476. The highest BCUT2D eigenvalue weighted by atomic mass is 16.1. The van der Waals surface area contributed by atoms with E-state index in [0.717, 1.165) is 37.6 Å². The van der Waals surface area contributed by atoms with Gasteiger partial charge in [-0.25, -0.2) is 0 Å². The van der Waals surface area contributed by atoms with Crippen LogP contribution < -0.4 is 16.0 Å². The Hall–Kier alpha value is -2.11. The van der Waals surface area contributed by atoms with Crippen molar-refractivity contribution in [3.63, 3.8) is 0 Å². The van der Waals surface area contributed by atoms with E-state index in [1.54, 1.807) is 6.20 Å². The zero-order chi connectivity index (χ0) is 16.9. The van der Waals surface area contributed by atoms with Crippen molar-refractivity contribution >= 4 is 11.9 Å². The Bertz CT molecular complexity index is 475. The van der Waals surface area contributed by atoms with Crippen LogP contribution in [0.3, 0.4) is 0 Å². The van der Waals surface area contributed by atoms with Crippen molar-refractivity contribution in [3.05, 3.63) is 30.1 Å². The summed E-state index contributed by atoms with van der Waals surface area (Å²) in [5.41, 5.74) is 1.05. The largest absolute Gasteiger partial charge is 0.357 e. The second kappa shape index (κ2) is 11.5. The van der Waals surface area contributed by atoms with E-state index in [1.807, 2.05) is 32.0 Å². The molecule has 0 bridgehead atoms. The molecule has 0 aliphatic heterocycles. The van der Waals surface area contributed by atoms with Gasteiger partial charge in [-0.2, -0.15) is 0 Å². The third kappa shape index (κ3) is 8.80. The van der Waals surface area contributed by atoms with Gasteiger partial charge in [-0.05, 0) is 32.4 Å². The van der Waals surface area contributed by atoms with Gasteiger partial charge in [-0.1, -0.05) is 13.0 Å². The summed E-state index contributed by atoms with van der Waals surface area (Å²) in [6.07, 6.45) is 3.97. The molecule has 1 aromatic heterocycles. The molecule has 3 N–H and O–H groups in total. The van der Waals surface area contributed by atoms with Gasteiger partial charge in [0.2, 0.25) is 5.91 Å². The molecule has 1 unspecified atom stereocenters. The fourth-order valence-electron chi connectivity index (χ4n) is 1.92. The summed E-state index contributed by atoms with van der Waals surface area (Å²) in [6.45, 7) is 8.09. The number of pyridine rings is 1. The van der Waals surface area contributed by atoms with E-state index in [1.165, 1.54) is 0 Å². The number of carbonyl (C=O) groups excluding carboxylic acids is 1. The molecular weight excluding hydrogens is 290 g/mol. The number of nitrogens with one attached hydrogen (secondary N) is 3. The third-order valence-electron chi connectivity index (χ3n) is 3.37. The van der Waals surface area contributed by atoms with Crippen molar-refractivity contribution in [1.82, 2.24) is 20.9 Å². The molecule has 1 atom stereocenters. The monoisotopic (exact) mass is 319 g/mol. The minimum absolute atomic E-state index is 0.0486. The van der Waals surface area contributed by atoms with Crippen molar-refractivity contribution in [2.75, 3.05) is 19.6 Å². The highest BCUT2D eigenvalue weighted by Gasteiger charge is 2.05. The molecule has 0 saturated carbocycles. The maximum Gasteiger partial charge on any atom is 0.222 e. The average Bonchev–Trinajstić information content (AvgIpc) is 2.55. The summed E-state index contributed by atoms with van der Waals surface area (Å²) in [5, 5.41) is 9.39. The lowest BCUT2D eigenvalue weighted by Gasteiger charge is -2.12. The highest BCUT2D eigenvalue weighted by Crippen LogP contribution is 1.93. The summed E-state index contributed by atoms with van der Waals surface area (Å²) in [5.74, 6) is 0.784. The van der Waals surface area contributed by atoms with Crippen LogP contribution in [0.15, 0.2) is 29.4 Å². The summed E-state index contributed by atoms with van der Waals surface area (Å²) >= 11 is 0. The number of hydrogen-bond donors (Lipinski definition) is 3. The lowest BCUT2D eigenvalue weighted by molar-refractivity contribution is -0.121. The number of amides is 1. The number of hydrogen-bond acceptors (Lipinski definition) is 3. The predicted molar refractivity (Wildman–Crippen MR) is 94.4 cm³/mol. The van der Waals surface area contributed by atoms with Crippen molar-refractivity contribution in [1.29, 1.82) is 0 Å². The Kier molecular flexibility index (Phi) is 9.43. The number of nitrogens with zero attached hydrogens (tertiary/aromatic N) is 2. The van der Waals surface area contributed by atoms with E-state index < -0.39 is 0 Å². The fourth-order valence-corrected chi connectivity index (χ4v) is 1.92. The van der Waals surface area contributed by atoms with Crippen LogP contribution in [0.4, 0.5) is 0 Å². The zero-order valence-electron chi connectivity index (χ0n) is 14.4. The van der Waals surface area contributed by atoms with Gasteiger partial charge in [0.25, 0.3) is 0 Å². The zero-order valence-corrected chi connectivity index (χ0v) is 14.4. The molecule has 0 aromatic carbocycles. The van der Waals surface area contributed by atoms with E-state index in [2.05, 4.69) is 32.9 Å². The summed E-state index contributed by atoms with van der Waals surface area (Å²) < 4.78 is 0. The van der Waals surface area contributed by atoms with Crippen molar-refractivity contribution in [3.8, 4) is 0 Å². The first-order chi connectivity index (χ1) is 11.2. The van der Waals surface area contributed by atoms with E-state index in [9.17, 15) is 4.79 Å². The highest BCUT2D eigenvalue weighted by molar-refractivity contribution is 5.80. The Balaban J connectivity index is 2.33. The lowest BCUT2D eigenvalue weighted by Crippen LogP contribution is -2.38. The van der Waals surface area contributed by atoms with Gasteiger partial charge in [0, 0.05) is 43.9 Å². The van der Waals surface area contributed by atoms with Crippen LogP contribution in [0.2, 0.25) is 0 Å². The number of rotatable bonds is 9. The van der Waals surface area contributed by atoms with Gasteiger partial charge in [0.15, 0.2) is 5.96 Å². The van der Waals surface area contributed by atoms with Gasteiger partial charge in [-0.15, -0.1) is 0 Å². The van der Waals surface area contributed by atoms with Crippen LogP contribution in [0.25, 0.3) is 0 Å². The summed E-state index contributed by atoms with van der Waals surface area (Å²) in [7, 11) is 0. The van der Waals surface area contributed by atoms with E-state index in [-0.39, 0.29) is 11.9 Å². The number of aliphatic imine (C=N–C) groups is 1. The minimum Gasteiger partial charge on any atom is -0.357 e. The first kappa shape index (κ1) is 18.9. The van der Waals surface area contributed by atoms with Gasteiger partial charge >= 0.3 is 0 Å². The van der Waals surface area contributed by atoms with Crippen LogP contribution >= 0.6 is 0 Å². The molecule has 0 saturated heterocycles. The fraction of sp³-hybridized carbons (Fsp3) is 0.588. The number of guanidine groups is 1. The molecule has 0 fully saturated rings. The number of aromatic nitrogens is 1. The Labute approximate surface area is 139 Å². The molecule has 0 spiro atoms. The molecule has 6 heteroatoms. The van der Waals surface area contributed by atoms with Crippen LogP contribution in [0, 0.1) is 0 Å². The normalized spacial score (nSPS) is 12.6. The average molecular weight is 319 g/mol. The van der Waals surface area contributed by atoms with E-state index in [0.29, 0.717) is 13.0 Å². The molecular formula is C17H29N5O. The maximum atomic E-state index is 11.7. The molecule has 0 radical (unpaired) electrons. The van der Waals surface area contributed by atoms with Crippen LogP contribution in [0.1, 0.15) is 39.3 Å². The Morgan fingerprint density at radius 2 is 2.13 bits per heavy atom. The standard InChI is InChI=1S/C17H29N5O/c1-4-14(3)22-16(23)10-13-21-17(18-5-2)20-12-9-15-8-6-7-11-19-15/h6-8,11,14H,4-5,9-10,12-13H2,1-3H3,(H,22,23)(H2,18,20,21). The van der Waals surface area contributed by atoms with E-state index >= 15 is 0 Å². The van der Waals surface area contributed by atoms with Crippen LogP contribution in [0.5, 0.6) is 0 Å². The summed E-state index contributed by atoms with van der Waals surface area (Å²) in [4.78, 5) is 20.4. The maximum absolute atomic E-state index is 11.7. The lowest BCUT2D eigenvalue weighted by atomic mass is 10.2. The topological polar surface area (TPSA) is 78.4 Å². The van der Waals surface area contributed by atoms with Crippen LogP contribution in [-0.2, 0) is 11.2 Å². The van der Waals surface area contributed by atoms with Gasteiger partial charge in [-0.3, -0.25) is 14.8 Å². The Morgan fingerprint density at radius 3 is 2.78 bits per heavy atom. The van der Waals surface area contributed by atoms with Crippen LogP contribution in [-0.4, -0.2) is 42.5 Å². The van der Waals surface area contributed by atoms with Crippen molar-refractivity contribution in [2.45, 2.75) is 46.1 Å². The molecule has 0 aliphatic carbocycles. The molecule has 1 heterocycles. The molecule has 128 valence electrons. The molecule has 0 aliphatic rings. The predicted octanol–water partition coefficient (Wildman–Crippen LogP) is 1.48. The van der Waals surface area contributed by atoms with Crippen molar-refractivity contribution < 1.29 is 4.79 Å². The van der Waals surface area contributed by atoms with Gasteiger partial charge in [0.05, 0.1) is 6.54 Å². The second-order valence-corrected chi connectivity index (χ2v) is 5.39. The van der Waals surface area contributed by atoms with Gasteiger partial charge < -0.3 is 16.0 Å². The minimum atomic E-state index is 0.0486. The van der Waals surface area contributed by atoms with Crippen molar-refractivity contribution in [2.24, 2.45) is 4.99 Å². The number of carbonyl (C=O) groups is 1. The SMILES string of the molecule is CCNC(=NCCC(=O)NC(C)CC)NCCc1ccccn1. The van der Waals surface area contributed by atoms with Gasteiger partial charge in [0.1, 0.15) is 0 Å². The smallest absolute Gasteiger partial charge is 0.222 e. The first-order valence-corrected chi connectivity index (χ1v) is 8.37. The second-order valence-electron chi connectivity index (χ2n) is 5.39. The third-order valence-corrected chi connectivity index (χ3v) is 3.37. The molecule has 1 amide bonds. The Morgan fingerprint density at radius 1 is 1.30 bits per heavy atom.